The lowest BCUT2D eigenvalue weighted by Gasteiger charge is -2.31. The van der Waals surface area contributed by atoms with Crippen LogP contribution in [0.1, 0.15) is 37.5 Å². The largest absolute Gasteiger partial charge is 0.223 e. The first kappa shape index (κ1) is 13.6. The zero-order chi connectivity index (χ0) is 12.7. The number of aryl methyl sites for hydroxylation is 1. The Balaban J connectivity index is 3.46. The minimum absolute atomic E-state index is 0.246. The van der Waals surface area contributed by atoms with Crippen LogP contribution in [0.3, 0.4) is 0 Å². The topological polar surface area (TPSA) is 0 Å². The standard InChI is InChI=1S/C15H26S/c1-11-9-13(16(6,7)8)10-14(12(11)2)15(3,4)5/h9-10H,1-8H3. The summed E-state index contributed by atoms with van der Waals surface area (Å²) in [5.41, 5.74) is 4.64. The molecule has 0 aliphatic carbocycles. The Morgan fingerprint density at radius 1 is 0.938 bits per heavy atom. The second kappa shape index (κ2) is 4.10. The highest BCUT2D eigenvalue weighted by Gasteiger charge is 2.20. The Morgan fingerprint density at radius 3 is 1.81 bits per heavy atom. The van der Waals surface area contributed by atoms with Gasteiger partial charge in [-0.15, -0.1) is 0 Å². The van der Waals surface area contributed by atoms with Gasteiger partial charge in [-0.25, -0.2) is 10.0 Å². The SMILES string of the molecule is Cc1cc(S(C)(C)C)cc(C(C)(C)C)c1C. The van der Waals surface area contributed by atoms with Crippen LogP contribution < -0.4 is 0 Å². The molecule has 0 bridgehead atoms. The van der Waals surface area contributed by atoms with Gasteiger partial charge >= 0.3 is 0 Å². The van der Waals surface area contributed by atoms with Crippen molar-refractivity contribution >= 4 is 10.0 Å². The molecule has 0 unspecified atom stereocenters. The molecule has 1 rings (SSSR count). The van der Waals surface area contributed by atoms with E-state index in [0.29, 0.717) is 0 Å². The van der Waals surface area contributed by atoms with Gasteiger partial charge in [-0.3, -0.25) is 0 Å². The summed E-state index contributed by atoms with van der Waals surface area (Å²) in [6.45, 7) is 11.4. The van der Waals surface area contributed by atoms with E-state index in [9.17, 15) is 0 Å². The van der Waals surface area contributed by atoms with Crippen molar-refractivity contribution in [3.63, 3.8) is 0 Å². The molecule has 1 aromatic carbocycles. The molecule has 0 N–H and O–H groups in total. The third-order valence-corrected chi connectivity index (χ3v) is 4.81. The summed E-state index contributed by atoms with van der Waals surface area (Å²) in [5, 5.41) is 0. The highest BCUT2D eigenvalue weighted by molar-refractivity contribution is 8.32. The fourth-order valence-electron chi connectivity index (χ4n) is 1.96. The maximum absolute atomic E-state index is 2.43. The van der Waals surface area contributed by atoms with Gasteiger partial charge < -0.3 is 0 Å². The highest BCUT2D eigenvalue weighted by atomic mass is 32.3. The molecule has 1 aromatic rings. The molecule has 0 aromatic heterocycles. The van der Waals surface area contributed by atoms with Crippen LogP contribution in [0.2, 0.25) is 0 Å². The summed E-state index contributed by atoms with van der Waals surface area (Å²) < 4.78 is 0. The van der Waals surface area contributed by atoms with E-state index >= 15 is 0 Å². The zero-order valence-electron chi connectivity index (χ0n) is 12.1. The second-order valence-corrected chi connectivity index (χ2v) is 10.6. The quantitative estimate of drug-likeness (QED) is 0.668. The van der Waals surface area contributed by atoms with Gasteiger partial charge in [0.05, 0.1) is 0 Å². The molecule has 0 saturated carbocycles. The lowest BCUT2D eigenvalue weighted by atomic mass is 9.83. The van der Waals surface area contributed by atoms with Crippen molar-refractivity contribution in [1.82, 2.24) is 0 Å². The molecular formula is C15H26S. The van der Waals surface area contributed by atoms with E-state index < -0.39 is 10.0 Å². The van der Waals surface area contributed by atoms with Gasteiger partial charge in [-0.1, -0.05) is 20.8 Å². The van der Waals surface area contributed by atoms with E-state index in [2.05, 4.69) is 65.5 Å². The van der Waals surface area contributed by atoms with Crippen molar-refractivity contribution in [3.05, 3.63) is 28.8 Å². The van der Waals surface area contributed by atoms with Crippen molar-refractivity contribution in [3.8, 4) is 0 Å². The predicted octanol–water partition coefficient (Wildman–Crippen LogP) is 4.65. The molecule has 0 spiro atoms. The van der Waals surface area contributed by atoms with Crippen molar-refractivity contribution in [2.75, 3.05) is 18.8 Å². The van der Waals surface area contributed by atoms with Crippen molar-refractivity contribution in [2.45, 2.75) is 44.9 Å². The maximum Gasteiger partial charge on any atom is -0.0101 e. The highest BCUT2D eigenvalue weighted by Crippen LogP contribution is 2.47. The molecule has 0 aliphatic heterocycles. The lowest BCUT2D eigenvalue weighted by molar-refractivity contribution is 0.583. The number of hydrogen-bond acceptors (Lipinski definition) is 0. The Kier molecular flexibility index (Phi) is 3.50. The van der Waals surface area contributed by atoms with Crippen molar-refractivity contribution in [1.29, 1.82) is 0 Å². The summed E-state index contributed by atoms with van der Waals surface area (Å²) in [5.74, 6) is 0. The fourth-order valence-corrected chi connectivity index (χ4v) is 2.96. The Hall–Kier alpha value is -0.430. The molecule has 0 heterocycles. The van der Waals surface area contributed by atoms with Crippen molar-refractivity contribution < 1.29 is 0 Å². The van der Waals surface area contributed by atoms with Crippen LogP contribution in [0.25, 0.3) is 0 Å². The van der Waals surface area contributed by atoms with E-state index in [1.807, 2.05) is 0 Å². The third-order valence-electron chi connectivity index (χ3n) is 3.16. The summed E-state index contributed by atoms with van der Waals surface area (Å²) in [4.78, 5) is 1.53. The smallest absolute Gasteiger partial charge is 0.0101 e. The van der Waals surface area contributed by atoms with Gasteiger partial charge in [-0.2, -0.15) is 0 Å². The molecule has 0 aliphatic rings. The van der Waals surface area contributed by atoms with E-state index in [0.717, 1.165) is 0 Å². The van der Waals surface area contributed by atoms with Gasteiger partial charge in [-0.05, 0) is 71.7 Å². The maximum atomic E-state index is 2.43. The molecule has 0 amide bonds. The van der Waals surface area contributed by atoms with Gasteiger partial charge in [0.2, 0.25) is 0 Å². The van der Waals surface area contributed by atoms with Crippen molar-refractivity contribution in [2.24, 2.45) is 0 Å². The molecule has 1 heteroatoms. The second-order valence-electron chi connectivity index (χ2n) is 6.50. The Morgan fingerprint density at radius 2 is 1.44 bits per heavy atom. The van der Waals surface area contributed by atoms with E-state index in [-0.39, 0.29) is 5.41 Å². The number of hydrogen-bond donors (Lipinski definition) is 0. The molecule has 16 heavy (non-hydrogen) atoms. The van der Waals surface area contributed by atoms with Gasteiger partial charge in [0, 0.05) is 0 Å². The first-order valence-electron chi connectivity index (χ1n) is 5.83. The molecule has 0 saturated heterocycles. The Bertz CT molecular complexity index is 389. The monoisotopic (exact) mass is 238 g/mol. The minimum Gasteiger partial charge on any atom is -0.223 e. The molecule has 0 atom stereocenters. The average Bonchev–Trinajstić information content (AvgIpc) is 2.05. The first-order valence-corrected chi connectivity index (χ1v) is 8.69. The summed E-state index contributed by atoms with van der Waals surface area (Å²) in [7, 11) is -0.625. The molecule has 0 nitrogen and oxygen atoms in total. The molecule has 92 valence electrons. The number of rotatable bonds is 1. The van der Waals surface area contributed by atoms with Gasteiger partial charge in [0.25, 0.3) is 0 Å². The van der Waals surface area contributed by atoms with E-state index in [4.69, 9.17) is 0 Å². The van der Waals surface area contributed by atoms with Gasteiger partial charge in [0.1, 0.15) is 0 Å². The van der Waals surface area contributed by atoms with E-state index in [1.54, 1.807) is 0 Å². The van der Waals surface area contributed by atoms with Crippen LogP contribution >= 0.6 is 10.0 Å². The van der Waals surface area contributed by atoms with Crippen LogP contribution in [0, 0.1) is 13.8 Å². The molecular weight excluding hydrogens is 212 g/mol. The zero-order valence-corrected chi connectivity index (χ0v) is 12.9. The molecule has 0 fully saturated rings. The van der Waals surface area contributed by atoms with Crippen LogP contribution in [-0.2, 0) is 5.41 Å². The predicted molar refractivity (Wildman–Crippen MR) is 78.2 cm³/mol. The van der Waals surface area contributed by atoms with E-state index in [1.165, 1.54) is 21.6 Å². The van der Waals surface area contributed by atoms with Crippen LogP contribution in [-0.4, -0.2) is 18.8 Å². The summed E-state index contributed by atoms with van der Waals surface area (Å²) in [6, 6.07) is 4.80. The third kappa shape index (κ3) is 2.82. The fraction of sp³-hybridized carbons (Fsp3) is 0.600. The normalized spacial score (nSPS) is 14.0. The summed E-state index contributed by atoms with van der Waals surface area (Å²) in [6.07, 6.45) is 7.09. The van der Waals surface area contributed by atoms with Crippen LogP contribution in [0.5, 0.6) is 0 Å². The molecule has 0 radical (unpaired) electrons. The first-order chi connectivity index (χ1) is 7.03. The summed E-state index contributed by atoms with van der Waals surface area (Å²) >= 11 is 0. The van der Waals surface area contributed by atoms with Gasteiger partial charge in [0.15, 0.2) is 0 Å². The Labute approximate surface area is 103 Å². The van der Waals surface area contributed by atoms with Crippen LogP contribution in [0.4, 0.5) is 0 Å². The average molecular weight is 238 g/mol. The lowest BCUT2D eigenvalue weighted by Crippen LogP contribution is -2.14. The van der Waals surface area contributed by atoms with Crippen LogP contribution in [0.15, 0.2) is 17.0 Å². The number of benzene rings is 1. The minimum atomic E-state index is -0.625.